The largest absolute Gasteiger partial charge is 0.497 e. The fourth-order valence-electron chi connectivity index (χ4n) is 6.42. The summed E-state index contributed by atoms with van der Waals surface area (Å²) >= 11 is 0. The van der Waals surface area contributed by atoms with Crippen molar-refractivity contribution >= 4 is 11.8 Å². The smallest absolute Gasteiger partial charge is 0.305 e. The van der Waals surface area contributed by atoms with Gasteiger partial charge in [-0.15, -0.1) is 0 Å². The molecule has 0 aromatic heterocycles. The molecule has 4 heteroatoms. The van der Waals surface area contributed by atoms with E-state index in [1.165, 1.54) is 18.2 Å². The van der Waals surface area contributed by atoms with Crippen molar-refractivity contribution in [3.63, 3.8) is 0 Å². The van der Waals surface area contributed by atoms with Crippen LogP contribution in [-0.4, -0.2) is 26.0 Å². The third-order valence-electron chi connectivity index (χ3n) is 7.72. The van der Waals surface area contributed by atoms with Gasteiger partial charge in [0.25, 0.3) is 0 Å². The van der Waals surface area contributed by atoms with Gasteiger partial charge in [-0.05, 0) is 79.0 Å². The van der Waals surface area contributed by atoms with E-state index in [-0.39, 0.29) is 11.4 Å². The highest BCUT2D eigenvalue weighted by molar-refractivity contribution is 5.87. The number of rotatable bonds is 4. The third kappa shape index (κ3) is 2.97. The predicted molar refractivity (Wildman–Crippen MR) is 103 cm³/mol. The Morgan fingerprint density at radius 2 is 2.07 bits per heavy atom. The van der Waals surface area contributed by atoms with Gasteiger partial charge in [0.15, 0.2) is 0 Å². The first-order valence-electron chi connectivity index (χ1n) is 10.2. The summed E-state index contributed by atoms with van der Waals surface area (Å²) in [6, 6.07) is 6.51. The lowest BCUT2D eigenvalue weighted by atomic mass is 9.54. The van der Waals surface area contributed by atoms with Crippen molar-refractivity contribution in [2.45, 2.75) is 57.8 Å². The number of aryl methyl sites for hydroxylation is 1. The monoisotopic (exact) mass is 370 g/mol. The van der Waals surface area contributed by atoms with Crippen LogP contribution in [0.15, 0.2) is 18.2 Å². The van der Waals surface area contributed by atoms with Gasteiger partial charge in [-0.1, -0.05) is 13.0 Å². The van der Waals surface area contributed by atoms with E-state index in [4.69, 9.17) is 9.47 Å². The summed E-state index contributed by atoms with van der Waals surface area (Å²) < 4.78 is 10.2. The van der Waals surface area contributed by atoms with Crippen molar-refractivity contribution in [2.24, 2.45) is 23.2 Å². The molecule has 2 fully saturated rings. The van der Waals surface area contributed by atoms with E-state index in [9.17, 15) is 9.59 Å². The Kier molecular flexibility index (Phi) is 4.77. The summed E-state index contributed by atoms with van der Waals surface area (Å²) in [5, 5.41) is 0. The van der Waals surface area contributed by atoms with Crippen LogP contribution >= 0.6 is 0 Å². The number of ketones is 1. The number of ether oxygens (including phenoxy) is 2. The van der Waals surface area contributed by atoms with Gasteiger partial charge in [0.1, 0.15) is 11.5 Å². The lowest BCUT2D eigenvalue weighted by Gasteiger charge is -2.50. The highest BCUT2D eigenvalue weighted by Gasteiger charge is 2.58. The molecule has 0 radical (unpaired) electrons. The Bertz CT molecular complexity index is 755. The van der Waals surface area contributed by atoms with Gasteiger partial charge in [-0.2, -0.15) is 0 Å². The first-order valence-corrected chi connectivity index (χ1v) is 10.2. The predicted octanol–water partition coefficient (Wildman–Crippen LogP) is 4.30. The van der Waals surface area contributed by atoms with Gasteiger partial charge in [0.2, 0.25) is 0 Å². The van der Waals surface area contributed by atoms with Crippen LogP contribution < -0.4 is 4.74 Å². The fourth-order valence-corrected chi connectivity index (χ4v) is 6.42. The second-order valence-electron chi connectivity index (χ2n) is 8.86. The van der Waals surface area contributed by atoms with Crippen LogP contribution in [0.4, 0.5) is 0 Å². The van der Waals surface area contributed by atoms with Crippen LogP contribution in [0.25, 0.3) is 0 Å². The molecule has 5 atom stereocenters. The van der Waals surface area contributed by atoms with Crippen LogP contribution in [0.1, 0.15) is 62.5 Å². The molecule has 0 spiro atoms. The minimum atomic E-state index is -0.202. The molecule has 1 aromatic carbocycles. The van der Waals surface area contributed by atoms with E-state index in [2.05, 4.69) is 25.1 Å². The SMILES string of the molecule is COC(=O)CC[C@@H]1CC(=O)[C@@]2(C)CCC3c4ccc(OC)cc4CCC3C12. The van der Waals surface area contributed by atoms with Crippen molar-refractivity contribution in [1.29, 1.82) is 0 Å². The van der Waals surface area contributed by atoms with Crippen molar-refractivity contribution in [1.82, 2.24) is 0 Å². The number of esters is 1. The van der Waals surface area contributed by atoms with E-state index in [0.717, 1.165) is 37.9 Å². The van der Waals surface area contributed by atoms with E-state index >= 15 is 0 Å². The zero-order valence-electron chi connectivity index (χ0n) is 16.6. The second-order valence-corrected chi connectivity index (χ2v) is 8.86. The van der Waals surface area contributed by atoms with Gasteiger partial charge in [-0.3, -0.25) is 9.59 Å². The van der Waals surface area contributed by atoms with E-state index in [1.807, 2.05) is 0 Å². The lowest BCUT2D eigenvalue weighted by molar-refractivity contribution is -0.141. The number of carbonyl (C=O) groups is 2. The number of methoxy groups -OCH3 is 2. The Hall–Kier alpha value is -1.84. The van der Waals surface area contributed by atoms with Gasteiger partial charge >= 0.3 is 5.97 Å². The summed E-state index contributed by atoms with van der Waals surface area (Å²) in [6.45, 7) is 2.19. The van der Waals surface area contributed by atoms with Crippen LogP contribution in [0, 0.1) is 23.2 Å². The van der Waals surface area contributed by atoms with Gasteiger partial charge in [-0.25, -0.2) is 0 Å². The Balaban J connectivity index is 1.62. The summed E-state index contributed by atoms with van der Waals surface area (Å²) in [7, 11) is 3.16. The van der Waals surface area contributed by atoms with Crippen molar-refractivity contribution in [3.8, 4) is 5.75 Å². The van der Waals surface area contributed by atoms with E-state index < -0.39 is 0 Å². The first kappa shape index (κ1) is 18.5. The number of hydrogen-bond donors (Lipinski definition) is 0. The zero-order chi connectivity index (χ0) is 19.2. The highest BCUT2D eigenvalue weighted by atomic mass is 16.5. The third-order valence-corrected chi connectivity index (χ3v) is 7.72. The molecule has 4 rings (SSSR count). The molecule has 146 valence electrons. The molecule has 4 nitrogen and oxygen atoms in total. The van der Waals surface area contributed by atoms with Gasteiger partial charge in [0, 0.05) is 18.3 Å². The maximum absolute atomic E-state index is 12.9. The quantitative estimate of drug-likeness (QED) is 0.742. The highest BCUT2D eigenvalue weighted by Crippen LogP contribution is 2.62. The lowest BCUT2D eigenvalue weighted by Crippen LogP contribution is -2.44. The maximum Gasteiger partial charge on any atom is 0.305 e. The summed E-state index contributed by atoms with van der Waals surface area (Å²) in [5.41, 5.74) is 2.67. The topological polar surface area (TPSA) is 52.6 Å². The van der Waals surface area contributed by atoms with Gasteiger partial charge in [0.05, 0.1) is 14.2 Å². The van der Waals surface area contributed by atoms with E-state index in [0.29, 0.717) is 42.3 Å². The Morgan fingerprint density at radius 1 is 1.26 bits per heavy atom. The number of benzene rings is 1. The molecule has 27 heavy (non-hydrogen) atoms. The van der Waals surface area contributed by atoms with Crippen LogP contribution in [0.2, 0.25) is 0 Å². The van der Waals surface area contributed by atoms with Crippen molar-refractivity contribution in [2.75, 3.05) is 14.2 Å². The number of hydrogen-bond acceptors (Lipinski definition) is 4. The van der Waals surface area contributed by atoms with Gasteiger partial charge < -0.3 is 9.47 Å². The second kappa shape index (κ2) is 6.96. The first-order chi connectivity index (χ1) is 13.0. The zero-order valence-corrected chi connectivity index (χ0v) is 16.6. The number of fused-ring (bicyclic) bond motifs is 5. The minimum Gasteiger partial charge on any atom is -0.497 e. The van der Waals surface area contributed by atoms with Crippen molar-refractivity contribution in [3.05, 3.63) is 29.3 Å². The maximum atomic E-state index is 12.9. The molecular formula is C23H30O4. The molecule has 0 aliphatic heterocycles. The molecule has 1 aromatic rings. The Labute approximate surface area is 161 Å². The van der Waals surface area contributed by atoms with Crippen LogP contribution in [0.5, 0.6) is 5.75 Å². The normalized spacial score (nSPS) is 34.4. The molecule has 0 heterocycles. The average molecular weight is 370 g/mol. The minimum absolute atomic E-state index is 0.163. The molecule has 0 N–H and O–H groups in total. The average Bonchev–Trinajstić information content (AvgIpc) is 2.95. The molecule has 3 aliphatic rings. The number of Topliss-reactive ketones (excluding diaryl/α,β-unsaturated/α-hetero) is 1. The molecular weight excluding hydrogens is 340 g/mol. The van der Waals surface area contributed by atoms with Crippen molar-refractivity contribution < 1.29 is 19.1 Å². The van der Waals surface area contributed by atoms with Crippen LogP contribution in [0.3, 0.4) is 0 Å². The molecule has 0 amide bonds. The molecule has 0 saturated heterocycles. The number of carbonyl (C=O) groups excluding carboxylic acids is 2. The summed E-state index contributed by atoms with van der Waals surface area (Å²) in [5.74, 6) is 2.96. The van der Waals surface area contributed by atoms with E-state index in [1.54, 1.807) is 7.11 Å². The fraction of sp³-hybridized carbons (Fsp3) is 0.652. The summed E-state index contributed by atoms with van der Waals surface area (Å²) in [6.07, 6.45) is 6.08. The Morgan fingerprint density at radius 3 is 2.81 bits per heavy atom. The molecule has 0 bridgehead atoms. The molecule has 3 aliphatic carbocycles. The standard InChI is InChI=1S/C23H30O4/c1-23-11-10-18-17-8-6-16(26-2)12-14(17)4-7-19(18)22(23)15(13-20(23)24)5-9-21(25)27-3/h6,8,12,15,18-19,22H,4-5,7,9-11,13H2,1-3H3/t15-,18?,19?,22?,23-/m1/s1. The molecule has 2 saturated carbocycles. The summed E-state index contributed by atoms with van der Waals surface area (Å²) in [4.78, 5) is 24.6. The molecule has 3 unspecified atom stereocenters. The van der Waals surface area contributed by atoms with Crippen LogP contribution in [-0.2, 0) is 20.7 Å².